The smallest absolute Gasteiger partial charge is 0.324 e. The number of nitrogens with one attached hydrogen (secondary N) is 1. The highest BCUT2D eigenvalue weighted by Crippen LogP contribution is 2.25. The van der Waals surface area contributed by atoms with Crippen LogP contribution < -0.4 is 5.73 Å². The van der Waals surface area contributed by atoms with Crippen LogP contribution in [0.15, 0.2) is 0 Å². The maximum absolute atomic E-state index is 11.3. The maximum atomic E-state index is 11.3. The van der Waals surface area contributed by atoms with Gasteiger partial charge in [-0.25, -0.2) is 5.73 Å². The molecule has 0 aromatic carbocycles. The highest BCUT2D eigenvalue weighted by molar-refractivity contribution is 5.75. The first kappa shape index (κ1) is 11.5. The van der Waals surface area contributed by atoms with Crippen molar-refractivity contribution in [3.8, 4) is 0 Å². The minimum absolute atomic E-state index is 0.233. The molecule has 0 aromatic heterocycles. The number of hydrogen-bond donors (Lipinski definition) is 0. The van der Waals surface area contributed by atoms with Crippen molar-refractivity contribution in [2.45, 2.75) is 51.5 Å². The molecule has 0 spiro atoms. The summed E-state index contributed by atoms with van der Waals surface area (Å²) in [4.78, 5) is 11.3. The highest BCUT2D eigenvalue weighted by Gasteiger charge is 2.26. The number of hydrogen-bond acceptors (Lipinski definition) is 2. The summed E-state index contributed by atoms with van der Waals surface area (Å²) >= 11 is 0. The van der Waals surface area contributed by atoms with Gasteiger partial charge in [0.05, 0.1) is 6.61 Å². The Kier molecular flexibility index (Phi) is 4.94. The third kappa shape index (κ3) is 3.29. The molecule has 0 aromatic rings. The fourth-order valence-corrected chi connectivity index (χ4v) is 2.07. The van der Waals surface area contributed by atoms with E-state index >= 15 is 0 Å². The summed E-state index contributed by atoms with van der Waals surface area (Å²) in [7, 11) is 0. The number of esters is 1. The van der Waals surface area contributed by atoms with Crippen LogP contribution in [0.5, 0.6) is 0 Å². The lowest BCUT2D eigenvalue weighted by atomic mass is 9.92. The predicted molar refractivity (Wildman–Crippen MR) is 54.7 cm³/mol. The van der Waals surface area contributed by atoms with Crippen molar-refractivity contribution in [3.63, 3.8) is 0 Å². The Balaban J connectivity index is 2.40. The third-order valence-electron chi connectivity index (χ3n) is 2.91. The van der Waals surface area contributed by atoms with Crippen LogP contribution in [0.2, 0.25) is 0 Å². The number of rotatable bonds is 3. The average Bonchev–Trinajstić information content (AvgIpc) is 2.45. The molecule has 0 aliphatic heterocycles. The van der Waals surface area contributed by atoms with Gasteiger partial charge in [0.1, 0.15) is 6.04 Å². The Morgan fingerprint density at radius 3 is 2.43 bits per heavy atom. The fraction of sp³-hybridized carbons (Fsp3) is 0.909. The molecule has 1 N–H and O–H groups in total. The lowest BCUT2D eigenvalue weighted by Gasteiger charge is -2.19. The van der Waals surface area contributed by atoms with Crippen molar-refractivity contribution in [2.75, 3.05) is 6.61 Å². The van der Waals surface area contributed by atoms with Crippen LogP contribution in [0.25, 0.3) is 0 Å². The van der Waals surface area contributed by atoms with E-state index in [1.807, 2.05) is 0 Å². The molecule has 1 atom stereocenters. The molecule has 1 saturated carbocycles. The van der Waals surface area contributed by atoms with Gasteiger partial charge in [0.15, 0.2) is 0 Å². The zero-order chi connectivity index (χ0) is 10.4. The Bertz CT molecular complexity index is 174. The standard InChI is InChI=1S/C11H20NO2/c1-2-14-11(13)10(12)9-7-5-3-4-6-8-9/h9-10,12H,2-8H2,1H3. The topological polar surface area (TPSA) is 50.1 Å². The molecule has 14 heavy (non-hydrogen) atoms. The largest absolute Gasteiger partial charge is 0.465 e. The molecular weight excluding hydrogens is 178 g/mol. The molecule has 1 aliphatic carbocycles. The van der Waals surface area contributed by atoms with E-state index in [0.717, 1.165) is 12.8 Å². The van der Waals surface area contributed by atoms with Gasteiger partial charge in [0.25, 0.3) is 0 Å². The lowest BCUT2D eigenvalue weighted by Crippen LogP contribution is -2.32. The highest BCUT2D eigenvalue weighted by atomic mass is 16.5. The van der Waals surface area contributed by atoms with E-state index < -0.39 is 6.04 Å². The second-order valence-electron chi connectivity index (χ2n) is 3.98. The van der Waals surface area contributed by atoms with E-state index in [-0.39, 0.29) is 11.9 Å². The summed E-state index contributed by atoms with van der Waals surface area (Å²) in [5, 5.41) is 0. The summed E-state index contributed by atoms with van der Waals surface area (Å²) < 4.78 is 4.87. The molecule has 3 nitrogen and oxygen atoms in total. The molecule has 1 unspecified atom stereocenters. The van der Waals surface area contributed by atoms with Gasteiger partial charge >= 0.3 is 5.97 Å². The molecule has 1 fully saturated rings. The SMILES string of the molecule is CCOC(=O)C([NH])C1CCCCCC1. The Morgan fingerprint density at radius 1 is 1.36 bits per heavy atom. The van der Waals surface area contributed by atoms with Crippen molar-refractivity contribution >= 4 is 5.97 Å². The number of carbonyl (C=O) groups is 1. The van der Waals surface area contributed by atoms with E-state index in [9.17, 15) is 4.79 Å². The summed E-state index contributed by atoms with van der Waals surface area (Å²) in [6.07, 6.45) is 6.89. The first-order valence-electron chi connectivity index (χ1n) is 5.63. The fourth-order valence-electron chi connectivity index (χ4n) is 2.07. The van der Waals surface area contributed by atoms with E-state index in [1.165, 1.54) is 25.7 Å². The van der Waals surface area contributed by atoms with Crippen molar-refractivity contribution in [1.29, 1.82) is 0 Å². The minimum Gasteiger partial charge on any atom is -0.465 e. The van der Waals surface area contributed by atoms with E-state index in [2.05, 4.69) is 0 Å². The number of carbonyl (C=O) groups excluding carboxylic acids is 1. The molecule has 81 valence electrons. The second-order valence-corrected chi connectivity index (χ2v) is 3.98. The van der Waals surface area contributed by atoms with Gasteiger partial charge in [0, 0.05) is 0 Å². The lowest BCUT2D eigenvalue weighted by molar-refractivity contribution is -0.146. The predicted octanol–water partition coefficient (Wildman–Crippen LogP) is 2.17. The van der Waals surface area contributed by atoms with Crippen LogP contribution in [0.3, 0.4) is 0 Å². The minimum atomic E-state index is -0.645. The van der Waals surface area contributed by atoms with E-state index in [1.54, 1.807) is 6.92 Å². The van der Waals surface area contributed by atoms with E-state index in [0.29, 0.717) is 6.61 Å². The van der Waals surface area contributed by atoms with Gasteiger partial charge in [0.2, 0.25) is 0 Å². The van der Waals surface area contributed by atoms with Gasteiger partial charge in [-0.15, -0.1) is 0 Å². The average molecular weight is 198 g/mol. The monoisotopic (exact) mass is 198 g/mol. The van der Waals surface area contributed by atoms with Crippen LogP contribution in [-0.4, -0.2) is 18.6 Å². The molecule has 0 heterocycles. The quantitative estimate of drug-likeness (QED) is 0.515. The molecule has 0 bridgehead atoms. The van der Waals surface area contributed by atoms with Crippen LogP contribution >= 0.6 is 0 Å². The molecule has 0 saturated heterocycles. The van der Waals surface area contributed by atoms with Crippen molar-refractivity contribution in [2.24, 2.45) is 5.92 Å². The molecule has 3 heteroatoms. The Hall–Kier alpha value is -0.570. The van der Waals surface area contributed by atoms with Crippen molar-refractivity contribution in [1.82, 2.24) is 5.73 Å². The van der Waals surface area contributed by atoms with Gasteiger partial charge in [-0.2, -0.15) is 0 Å². The van der Waals surface area contributed by atoms with Crippen molar-refractivity contribution in [3.05, 3.63) is 0 Å². The van der Waals surface area contributed by atoms with Gasteiger partial charge in [-0.3, -0.25) is 4.79 Å². The summed E-state index contributed by atoms with van der Waals surface area (Å²) in [6.45, 7) is 2.18. The normalized spacial score (nSPS) is 21.3. The summed E-state index contributed by atoms with van der Waals surface area (Å²) in [5.74, 6) is -0.101. The third-order valence-corrected chi connectivity index (χ3v) is 2.91. The molecule has 1 aliphatic rings. The van der Waals surface area contributed by atoms with Gasteiger partial charge in [-0.1, -0.05) is 25.7 Å². The van der Waals surface area contributed by atoms with Gasteiger partial charge in [-0.05, 0) is 25.7 Å². The Morgan fingerprint density at radius 2 is 1.93 bits per heavy atom. The first-order chi connectivity index (χ1) is 6.75. The molecule has 0 amide bonds. The van der Waals surface area contributed by atoms with Crippen molar-refractivity contribution < 1.29 is 9.53 Å². The van der Waals surface area contributed by atoms with Gasteiger partial charge < -0.3 is 4.74 Å². The van der Waals surface area contributed by atoms with Crippen LogP contribution in [-0.2, 0) is 9.53 Å². The molecule has 1 rings (SSSR count). The molecule has 1 radical (unpaired) electrons. The zero-order valence-electron chi connectivity index (χ0n) is 8.92. The summed E-state index contributed by atoms with van der Waals surface area (Å²) in [5.41, 5.74) is 7.80. The Labute approximate surface area is 86.0 Å². The first-order valence-corrected chi connectivity index (χ1v) is 5.63. The number of ether oxygens (including phenoxy) is 1. The second kappa shape index (κ2) is 6.02. The van der Waals surface area contributed by atoms with Crippen LogP contribution in [0.1, 0.15) is 45.4 Å². The summed E-state index contributed by atoms with van der Waals surface area (Å²) in [6, 6.07) is -0.645. The molecular formula is C11H20NO2. The zero-order valence-corrected chi connectivity index (χ0v) is 8.92. The van der Waals surface area contributed by atoms with Crippen LogP contribution in [0, 0.1) is 5.92 Å². The van der Waals surface area contributed by atoms with E-state index in [4.69, 9.17) is 10.5 Å². The van der Waals surface area contributed by atoms with Crippen LogP contribution in [0.4, 0.5) is 0 Å². The maximum Gasteiger partial charge on any atom is 0.324 e.